The Morgan fingerprint density at radius 2 is 2.00 bits per heavy atom. The fraction of sp³-hybridized carbons (Fsp3) is 0.750. The molecule has 1 aromatic rings. The summed E-state index contributed by atoms with van der Waals surface area (Å²) >= 11 is 0. The van der Waals surface area contributed by atoms with E-state index >= 15 is 0 Å². The van der Waals surface area contributed by atoms with Gasteiger partial charge >= 0.3 is 0 Å². The highest BCUT2D eigenvalue weighted by Crippen LogP contribution is 2.32. The van der Waals surface area contributed by atoms with E-state index < -0.39 is 10.0 Å². The molecule has 1 aromatic heterocycles. The third-order valence-electron chi connectivity index (χ3n) is 4.01. The van der Waals surface area contributed by atoms with Gasteiger partial charge in [0.2, 0.25) is 0 Å². The van der Waals surface area contributed by atoms with Gasteiger partial charge in [-0.05, 0) is 25.2 Å². The SMILES string of the molecule is CC1CC(C)C(C)N(S(=O)(=O)c2c(N)ncn2C)C1. The number of anilines is 1. The number of nitrogens with two attached hydrogens (primary N) is 1. The van der Waals surface area contributed by atoms with Crippen molar-refractivity contribution in [2.75, 3.05) is 12.3 Å². The molecule has 2 rings (SSSR count). The molecular weight excluding hydrogens is 264 g/mol. The fourth-order valence-electron chi connectivity index (χ4n) is 2.84. The van der Waals surface area contributed by atoms with Gasteiger partial charge in [0.05, 0.1) is 6.33 Å². The lowest BCUT2D eigenvalue weighted by Gasteiger charge is -2.39. The lowest BCUT2D eigenvalue weighted by atomic mass is 9.88. The smallest absolute Gasteiger partial charge is 0.262 e. The van der Waals surface area contributed by atoms with Crippen molar-refractivity contribution in [2.45, 2.75) is 38.3 Å². The Morgan fingerprint density at radius 3 is 2.53 bits per heavy atom. The number of aryl methyl sites for hydroxylation is 1. The molecule has 1 aliphatic rings. The molecule has 0 spiro atoms. The number of sulfonamides is 1. The van der Waals surface area contributed by atoms with Crippen LogP contribution in [0.15, 0.2) is 11.4 Å². The maximum absolute atomic E-state index is 12.8. The fourth-order valence-corrected chi connectivity index (χ4v) is 4.89. The lowest BCUT2D eigenvalue weighted by Crippen LogP contribution is -2.49. The molecule has 7 heteroatoms. The van der Waals surface area contributed by atoms with Gasteiger partial charge in [-0.2, -0.15) is 4.31 Å². The summed E-state index contributed by atoms with van der Waals surface area (Å²) < 4.78 is 28.6. The zero-order valence-electron chi connectivity index (χ0n) is 11.9. The molecule has 2 N–H and O–H groups in total. The van der Waals surface area contributed by atoms with Crippen molar-refractivity contribution in [1.82, 2.24) is 13.9 Å². The molecule has 19 heavy (non-hydrogen) atoms. The number of piperidine rings is 1. The molecule has 3 unspecified atom stereocenters. The number of nitrogen functional groups attached to an aromatic ring is 1. The molecule has 6 nitrogen and oxygen atoms in total. The van der Waals surface area contributed by atoms with Crippen LogP contribution in [0.5, 0.6) is 0 Å². The monoisotopic (exact) mass is 286 g/mol. The summed E-state index contributed by atoms with van der Waals surface area (Å²) in [7, 11) is -1.94. The molecular formula is C12H22N4O2S. The van der Waals surface area contributed by atoms with Gasteiger partial charge < -0.3 is 10.3 Å². The van der Waals surface area contributed by atoms with E-state index in [2.05, 4.69) is 18.8 Å². The van der Waals surface area contributed by atoms with Crippen molar-refractivity contribution < 1.29 is 8.42 Å². The lowest BCUT2D eigenvalue weighted by molar-refractivity contribution is 0.157. The summed E-state index contributed by atoms with van der Waals surface area (Å²) in [5, 5.41) is 0.0978. The highest BCUT2D eigenvalue weighted by molar-refractivity contribution is 7.89. The van der Waals surface area contributed by atoms with E-state index in [0.29, 0.717) is 18.4 Å². The van der Waals surface area contributed by atoms with Crippen molar-refractivity contribution >= 4 is 15.8 Å². The van der Waals surface area contributed by atoms with Crippen LogP contribution in [-0.4, -0.2) is 34.9 Å². The van der Waals surface area contributed by atoms with E-state index in [4.69, 9.17) is 5.73 Å². The van der Waals surface area contributed by atoms with Gasteiger partial charge in [0.1, 0.15) is 0 Å². The predicted molar refractivity (Wildman–Crippen MR) is 73.9 cm³/mol. The quantitative estimate of drug-likeness (QED) is 0.881. The summed E-state index contributed by atoms with van der Waals surface area (Å²) in [5.41, 5.74) is 5.71. The van der Waals surface area contributed by atoms with Gasteiger partial charge in [0, 0.05) is 19.6 Å². The van der Waals surface area contributed by atoms with Crippen molar-refractivity contribution in [3.8, 4) is 0 Å². The van der Waals surface area contributed by atoms with E-state index in [1.807, 2.05) is 6.92 Å². The predicted octanol–water partition coefficient (Wildman–Crippen LogP) is 1.06. The first-order valence-electron chi connectivity index (χ1n) is 6.53. The van der Waals surface area contributed by atoms with Gasteiger partial charge in [-0.15, -0.1) is 0 Å². The molecule has 0 amide bonds. The van der Waals surface area contributed by atoms with Gasteiger partial charge in [0.15, 0.2) is 10.8 Å². The number of aromatic nitrogens is 2. The maximum atomic E-state index is 12.8. The van der Waals surface area contributed by atoms with Crippen LogP contribution in [0.1, 0.15) is 27.2 Å². The van der Waals surface area contributed by atoms with E-state index in [0.717, 1.165) is 6.42 Å². The van der Waals surface area contributed by atoms with Crippen LogP contribution in [0.3, 0.4) is 0 Å². The van der Waals surface area contributed by atoms with E-state index in [1.54, 1.807) is 11.4 Å². The minimum Gasteiger partial charge on any atom is -0.381 e. The van der Waals surface area contributed by atoms with Crippen LogP contribution in [0.25, 0.3) is 0 Å². The second-order valence-electron chi connectivity index (χ2n) is 5.68. The zero-order valence-corrected chi connectivity index (χ0v) is 12.7. The number of nitrogens with zero attached hydrogens (tertiary/aromatic N) is 3. The molecule has 0 bridgehead atoms. The largest absolute Gasteiger partial charge is 0.381 e. The Bertz CT molecular complexity index is 547. The van der Waals surface area contributed by atoms with Crippen molar-refractivity contribution in [3.63, 3.8) is 0 Å². The van der Waals surface area contributed by atoms with E-state index in [-0.39, 0.29) is 16.9 Å². The normalized spacial score (nSPS) is 29.6. The Morgan fingerprint density at radius 1 is 1.37 bits per heavy atom. The average Bonchev–Trinajstić information content (AvgIpc) is 2.63. The Hall–Kier alpha value is -1.08. The second-order valence-corrected chi connectivity index (χ2v) is 7.49. The Kier molecular flexibility index (Phi) is 3.61. The molecule has 1 saturated heterocycles. The number of hydrogen-bond acceptors (Lipinski definition) is 4. The van der Waals surface area contributed by atoms with Gasteiger partial charge in [-0.25, -0.2) is 13.4 Å². The maximum Gasteiger partial charge on any atom is 0.262 e. The standard InChI is InChI=1S/C12H22N4O2S/c1-8-5-9(2)10(3)16(6-8)19(17,18)12-11(13)14-7-15(12)4/h7-10H,5-6,13H2,1-4H3. The minimum absolute atomic E-state index is 0.0181. The summed E-state index contributed by atoms with van der Waals surface area (Å²) in [5.74, 6) is 0.768. The average molecular weight is 286 g/mol. The summed E-state index contributed by atoms with van der Waals surface area (Å²) in [6.45, 7) is 6.67. The summed E-state index contributed by atoms with van der Waals surface area (Å²) in [6.07, 6.45) is 2.48. The third kappa shape index (κ3) is 2.36. The Balaban J connectivity index is 2.44. The van der Waals surface area contributed by atoms with Crippen molar-refractivity contribution in [2.24, 2.45) is 18.9 Å². The van der Waals surface area contributed by atoms with Crippen LogP contribution in [0.2, 0.25) is 0 Å². The second kappa shape index (κ2) is 4.79. The Labute approximate surface area is 114 Å². The molecule has 108 valence electrons. The molecule has 0 radical (unpaired) electrons. The minimum atomic E-state index is -3.59. The third-order valence-corrected chi connectivity index (χ3v) is 6.09. The van der Waals surface area contributed by atoms with Crippen molar-refractivity contribution in [3.05, 3.63) is 6.33 Å². The van der Waals surface area contributed by atoms with E-state index in [9.17, 15) is 8.42 Å². The highest BCUT2D eigenvalue weighted by atomic mass is 32.2. The number of rotatable bonds is 2. The molecule has 1 fully saturated rings. The first-order valence-corrected chi connectivity index (χ1v) is 7.97. The molecule has 1 aliphatic heterocycles. The van der Waals surface area contributed by atoms with Crippen LogP contribution < -0.4 is 5.73 Å². The van der Waals surface area contributed by atoms with Crippen LogP contribution >= 0.6 is 0 Å². The van der Waals surface area contributed by atoms with Gasteiger partial charge in [-0.1, -0.05) is 13.8 Å². The van der Waals surface area contributed by atoms with E-state index in [1.165, 1.54) is 10.9 Å². The van der Waals surface area contributed by atoms with Crippen LogP contribution in [0, 0.1) is 11.8 Å². The van der Waals surface area contributed by atoms with Crippen LogP contribution in [-0.2, 0) is 17.1 Å². The molecule has 0 aromatic carbocycles. The van der Waals surface area contributed by atoms with Crippen molar-refractivity contribution in [1.29, 1.82) is 0 Å². The zero-order chi connectivity index (χ0) is 14.4. The van der Waals surface area contributed by atoms with Gasteiger partial charge in [-0.3, -0.25) is 0 Å². The summed E-state index contributed by atoms with van der Waals surface area (Å²) in [4.78, 5) is 3.88. The first kappa shape index (κ1) is 14.3. The van der Waals surface area contributed by atoms with Crippen LogP contribution in [0.4, 0.5) is 5.82 Å². The van der Waals surface area contributed by atoms with Gasteiger partial charge in [0.25, 0.3) is 10.0 Å². The molecule has 2 heterocycles. The number of imidazole rings is 1. The highest BCUT2D eigenvalue weighted by Gasteiger charge is 2.39. The molecule has 0 saturated carbocycles. The molecule has 0 aliphatic carbocycles. The topological polar surface area (TPSA) is 81.2 Å². The first-order chi connectivity index (χ1) is 8.75. The summed E-state index contributed by atoms with van der Waals surface area (Å²) in [6, 6.07) is -0.0181. The molecule has 3 atom stereocenters. The number of hydrogen-bond donors (Lipinski definition) is 1.